The van der Waals surface area contributed by atoms with Gasteiger partial charge in [0.1, 0.15) is 17.6 Å². The number of aliphatic hydroxyl groups is 1. The molecule has 0 saturated carbocycles. The highest BCUT2D eigenvalue weighted by atomic mass is 32.1. The molecule has 0 amide bonds. The number of benzene rings is 1. The second-order valence-electron chi connectivity index (χ2n) is 6.47. The standard InChI is InChI=1S/C21H21N3O2S/c25-14-6-13-24-20(19(23-21(24)27)16-9-4-5-12-22-16)18-11-10-17(26-18)15-7-2-1-3-8-15/h1-5,7-12,19-20,25H,6,13-14H2,(H,23,27). The van der Waals surface area contributed by atoms with Gasteiger partial charge in [0.2, 0.25) is 0 Å². The van der Waals surface area contributed by atoms with Crippen LogP contribution in [0.1, 0.15) is 30.0 Å². The Bertz CT molecular complexity index is 898. The molecule has 3 heterocycles. The molecule has 6 heteroatoms. The zero-order valence-corrected chi connectivity index (χ0v) is 15.6. The van der Waals surface area contributed by atoms with E-state index in [1.165, 1.54) is 0 Å². The zero-order valence-electron chi connectivity index (χ0n) is 14.8. The summed E-state index contributed by atoms with van der Waals surface area (Å²) < 4.78 is 6.23. The van der Waals surface area contributed by atoms with Crippen molar-refractivity contribution < 1.29 is 9.52 Å². The van der Waals surface area contributed by atoms with Gasteiger partial charge in [0.05, 0.1) is 11.7 Å². The highest BCUT2D eigenvalue weighted by Crippen LogP contribution is 2.40. The lowest BCUT2D eigenvalue weighted by Gasteiger charge is -2.25. The normalized spacial score (nSPS) is 19.3. The molecule has 138 valence electrons. The SMILES string of the molecule is OCCCN1C(=S)NC(c2ccccn2)C1c1ccc(-c2ccccc2)o1. The first kappa shape index (κ1) is 17.7. The second-order valence-corrected chi connectivity index (χ2v) is 6.85. The summed E-state index contributed by atoms with van der Waals surface area (Å²) >= 11 is 5.57. The summed E-state index contributed by atoms with van der Waals surface area (Å²) in [5.41, 5.74) is 1.95. The first-order valence-electron chi connectivity index (χ1n) is 9.02. The fourth-order valence-electron chi connectivity index (χ4n) is 3.47. The number of pyridine rings is 1. The van der Waals surface area contributed by atoms with Crippen molar-refractivity contribution in [2.75, 3.05) is 13.2 Å². The van der Waals surface area contributed by atoms with Gasteiger partial charge in [0.25, 0.3) is 0 Å². The molecule has 2 N–H and O–H groups in total. The van der Waals surface area contributed by atoms with Crippen LogP contribution in [0.2, 0.25) is 0 Å². The summed E-state index contributed by atoms with van der Waals surface area (Å²) in [5.74, 6) is 1.65. The predicted molar refractivity (Wildman–Crippen MR) is 108 cm³/mol. The average Bonchev–Trinajstić information content (AvgIpc) is 3.32. The molecular formula is C21H21N3O2S. The molecule has 27 heavy (non-hydrogen) atoms. The largest absolute Gasteiger partial charge is 0.459 e. The van der Waals surface area contributed by atoms with Gasteiger partial charge in [-0.3, -0.25) is 4.98 Å². The topological polar surface area (TPSA) is 61.5 Å². The molecule has 2 atom stereocenters. The molecule has 0 spiro atoms. The summed E-state index contributed by atoms with van der Waals surface area (Å²) in [4.78, 5) is 6.59. The summed E-state index contributed by atoms with van der Waals surface area (Å²) in [6.45, 7) is 0.769. The summed E-state index contributed by atoms with van der Waals surface area (Å²) in [7, 11) is 0. The van der Waals surface area contributed by atoms with E-state index in [0.717, 1.165) is 22.8 Å². The van der Waals surface area contributed by atoms with E-state index >= 15 is 0 Å². The number of aromatic nitrogens is 1. The van der Waals surface area contributed by atoms with Crippen molar-refractivity contribution in [2.45, 2.75) is 18.5 Å². The maximum Gasteiger partial charge on any atom is 0.170 e. The van der Waals surface area contributed by atoms with Crippen LogP contribution >= 0.6 is 12.2 Å². The molecule has 2 unspecified atom stereocenters. The highest BCUT2D eigenvalue weighted by molar-refractivity contribution is 7.80. The first-order chi connectivity index (χ1) is 13.3. The Morgan fingerprint density at radius 1 is 1.07 bits per heavy atom. The van der Waals surface area contributed by atoms with E-state index in [1.54, 1.807) is 6.20 Å². The number of thiocarbonyl (C=S) groups is 1. The maximum absolute atomic E-state index is 9.28. The van der Waals surface area contributed by atoms with E-state index in [9.17, 15) is 5.11 Å². The molecule has 5 nitrogen and oxygen atoms in total. The Morgan fingerprint density at radius 3 is 2.63 bits per heavy atom. The van der Waals surface area contributed by atoms with Crippen LogP contribution in [-0.4, -0.2) is 33.3 Å². The lowest BCUT2D eigenvalue weighted by Crippen LogP contribution is -2.30. The molecule has 1 aliphatic rings. The highest BCUT2D eigenvalue weighted by Gasteiger charge is 2.41. The van der Waals surface area contributed by atoms with Crippen molar-refractivity contribution >= 4 is 17.3 Å². The van der Waals surface area contributed by atoms with Crippen LogP contribution in [0.3, 0.4) is 0 Å². The van der Waals surface area contributed by atoms with Crippen LogP contribution in [-0.2, 0) is 0 Å². The van der Waals surface area contributed by atoms with Gasteiger partial charge in [0, 0.05) is 24.9 Å². The van der Waals surface area contributed by atoms with Crippen LogP contribution < -0.4 is 5.32 Å². The molecule has 4 rings (SSSR count). The van der Waals surface area contributed by atoms with Gasteiger partial charge in [-0.25, -0.2) is 0 Å². The number of hydrogen-bond donors (Lipinski definition) is 2. The molecule has 3 aromatic rings. The molecule has 0 radical (unpaired) electrons. The van der Waals surface area contributed by atoms with Crippen molar-refractivity contribution in [1.82, 2.24) is 15.2 Å². The van der Waals surface area contributed by atoms with E-state index in [-0.39, 0.29) is 18.7 Å². The van der Waals surface area contributed by atoms with Gasteiger partial charge in [-0.1, -0.05) is 36.4 Å². The minimum atomic E-state index is -0.114. The van der Waals surface area contributed by atoms with Crippen molar-refractivity contribution in [3.63, 3.8) is 0 Å². The minimum Gasteiger partial charge on any atom is -0.459 e. The Kier molecular flexibility index (Phi) is 5.18. The number of aliphatic hydroxyl groups excluding tert-OH is 1. The predicted octanol–water partition coefficient (Wildman–Crippen LogP) is 3.70. The van der Waals surface area contributed by atoms with E-state index in [4.69, 9.17) is 16.6 Å². The molecule has 1 fully saturated rings. The first-order valence-corrected chi connectivity index (χ1v) is 9.43. The molecule has 1 aromatic carbocycles. The fraction of sp³-hybridized carbons (Fsp3) is 0.238. The minimum absolute atomic E-state index is 0.104. The number of nitrogens with zero attached hydrogens (tertiary/aromatic N) is 2. The van der Waals surface area contributed by atoms with Crippen molar-refractivity contribution in [2.24, 2.45) is 0 Å². The van der Waals surface area contributed by atoms with Crippen LogP contribution in [0, 0.1) is 0 Å². The Labute approximate surface area is 163 Å². The lowest BCUT2D eigenvalue weighted by atomic mass is 10.0. The van der Waals surface area contributed by atoms with Gasteiger partial charge < -0.3 is 19.7 Å². The molecule has 1 saturated heterocycles. The fourth-order valence-corrected chi connectivity index (χ4v) is 3.80. The van der Waals surface area contributed by atoms with Crippen LogP contribution in [0.5, 0.6) is 0 Å². The van der Waals surface area contributed by atoms with Crippen LogP contribution in [0.4, 0.5) is 0 Å². The quantitative estimate of drug-likeness (QED) is 0.637. The number of hydrogen-bond acceptors (Lipinski definition) is 4. The van der Waals surface area contributed by atoms with Gasteiger partial charge in [-0.05, 0) is 42.9 Å². The number of nitrogens with one attached hydrogen (secondary N) is 1. The summed E-state index contributed by atoms with van der Waals surface area (Å²) in [6.07, 6.45) is 2.42. The van der Waals surface area contributed by atoms with Crippen LogP contribution in [0.15, 0.2) is 71.3 Å². The van der Waals surface area contributed by atoms with E-state index < -0.39 is 0 Å². The monoisotopic (exact) mass is 379 g/mol. The number of rotatable bonds is 6. The Balaban J connectivity index is 1.70. The third-order valence-electron chi connectivity index (χ3n) is 4.73. The Morgan fingerprint density at radius 2 is 1.89 bits per heavy atom. The smallest absolute Gasteiger partial charge is 0.170 e. The second kappa shape index (κ2) is 7.90. The maximum atomic E-state index is 9.28. The average molecular weight is 379 g/mol. The van der Waals surface area contributed by atoms with Gasteiger partial charge in [-0.15, -0.1) is 0 Å². The number of furan rings is 1. The molecule has 0 bridgehead atoms. The van der Waals surface area contributed by atoms with Crippen LogP contribution in [0.25, 0.3) is 11.3 Å². The van der Waals surface area contributed by atoms with Gasteiger partial charge in [-0.2, -0.15) is 0 Å². The van der Waals surface area contributed by atoms with Crippen molar-refractivity contribution in [1.29, 1.82) is 0 Å². The molecule has 0 aliphatic carbocycles. The molecule has 1 aliphatic heterocycles. The molecular weight excluding hydrogens is 358 g/mol. The molecule has 2 aromatic heterocycles. The van der Waals surface area contributed by atoms with E-state index in [1.807, 2.05) is 60.7 Å². The zero-order chi connectivity index (χ0) is 18.6. The van der Waals surface area contributed by atoms with Crippen molar-refractivity contribution in [3.05, 3.63) is 78.3 Å². The van der Waals surface area contributed by atoms with Gasteiger partial charge in [0.15, 0.2) is 5.11 Å². The third kappa shape index (κ3) is 3.59. The summed E-state index contributed by atoms with van der Waals surface area (Å²) in [6, 6.07) is 19.7. The Hall–Kier alpha value is -2.70. The van der Waals surface area contributed by atoms with Crippen molar-refractivity contribution in [3.8, 4) is 11.3 Å². The van der Waals surface area contributed by atoms with Gasteiger partial charge >= 0.3 is 0 Å². The third-order valence-corrected chi connectivity index (χ3v) is 5.08. The van der Waals surface area contributed by atoms with E-state index in [2.05, 4.69) is 15.2 Å². The lowest BCUT2D eigenvalue weighted by molar-refractivity contribution is 0.233. The summed E-state index contributed by atoms with van der Waals surface area (Å²) in [5, 5.41) is 13.3. The van der Waals surface area contributed by atoms with E-state index in [0.29, 0.717) is 18.1 Å².